The van der Waals surface area contributed by atoms with Crippen molar-refractivity contribution in [3.05, 3.63) is 32.5 Å². The smallest absolute Gasteiger partial charge is 0.349 e. The first-order valence-corrected chi connectivity index (χ1v) is 7.63. The molecule has 2 aromatic heterocycles. The van der Waals surface area contributed by atoms with Crippen LogP contribution in [0.25, 0.3) is 0 Å². The molecule has 0 aliphatic rings. The fourth-order valence-electron chi connectivity index (χ4n) is 1.67. The number of nitrogens with one attached hydrogen (secondary N) is 1. The second kappa shape index (κ2) is 6.15. The molecule has 7 heteroatoms. The Bertz CT molecular complexity index is 646. The van der Waals surface area contributed by atoms with Gasteiger partial charge in [-0.25, -0.2) is 9.78 Å². The number of carbonyl (C=O) groups excluding carboxylic acids is 2. The summed E-state index contributed by atoms with van der Waals surface area (Å²) < 4.78 is 4.59. The average molecular weight is 310 g/mol. The molecule has 0 aromatic carbocycles. The number of ether oxygens (including phenoxy) is 1. The molecule has 0 fully saturated rings. The maximum atomic E-state index is 12.1. The summed E-state index contributed by atoms with van der Waals surface area (Å²) >= 11 is 2.57. The number of hydrogen-bond donors (Lipinski definition) is 1. The Hall–Kier alpha value is -1.73. The van der Waals surface area contributed by atoms with Crippen molar-refractivity contribution in [1.82, 2.24) is 4.98 Å². The van der Waals surface area contributed by atoms with Crippen LogP contribution in [0.3, 0.4) is 0 Å². The molecule has 5 nitrogen and oxygen atoms in total. The van der Waals surface area contributed by atoms with E-state index in [1.165, 1.54) is 29.5 Å². The number of thiophene rings is 1. The number of aryl methyl sites for hydroxylation is 2. The highest BCUT2D eigenvalue weighted by Crippen LogP contribution is 2.24. The molecule has 2 heterocycles. The van der Waals surface area contributed by atoms with E-state index in [1.807, 2.05) is 13.0 Å². The van der Waals surface area contributed by atoms with Gasteiger partial charge in [-0.05, 0) is 25.0 Å². The number of thiazole rings is 1. The zero-order valence-corrected chi connectivity index (χ0v) is 13.0. The summed E-state index contributed by atoms with van der Waals surface area (Å²) in [7, 11) is 1.31. The van der Waals surface area contributed by atoms with Crippen molar-refractivity contribution in [3.63, 3.8) is 0 Å². The van der Waals surface area contributed by atoms with E-state index in [0.29, 0.717) is 14.9 Å². The molecular formula is C13H14N2O3S2. The number of esters is 1. The number of aromatic nitrogens is 1. The second-order valence-electron chi connectivity index (χ2n) is 4.05. The van der Waals surface area contributed by atoms with Gasteiger partial charge in [0.1, 0.15) is 4.88 Å². The topological polar surface area (TPSA) is 68.3 Å². The van der Waals surface area contributed by atoms with E-state index in [0.717, 1.165) is 23.3 Å². The van der Waals surface area contributed by atoms with Gasteiger partial charge < -0.3 is 4.74 Å². The lowest BCUT2D eigenvalue weighted by Crippen LogP contribution is -2.09. The first-order chi connectivity index (χ1) is 9.55. The summed E-state index contributed by atoms with van der Waals surface area (Å²) in [6.45, 7) is 4.05. The third kappa shape index (κ3) is 3.05. The second-order valence-corrected chi connectivity index (χ2v) is 6.21. The van der Waals surface area contributed by atoms with Crippen molar-refractivity contribution in [2.45, 2.75) is 20.3 Å². The van der Waals surface area contributed by atoms with Crippen molar-refractivity contribution >= 4 is 39.7 Å². The van der Waals surface area contributed by atoms with E-state index in [2.05, 4.69) is 22.0 Å². The summed E-state index contributed by atoms with van der Waals surface area (Å²) in [4.78, 5) is 29.6. The highest BCUT2D eigenvalue weighted by Gasteiger charge is 2.15. The molecule has 20 heavy (non-hydrogen) atoms. The van der Waals surface area contributed by atoms with Gasteiger partial charge in [0.15, 0.2) is 5.13 Å². The fraction of sp³-hybridized carbons (Fsp3) is 0.308. The predicted molar refractivity (Wildman–Crippen MR) is 79.8 cm³/mol. The molecule has 0 unspecified atom stereocenters. The Labute approximate surface area is 124 Å². The van der Waals surface area contributed by atoms with Crippen LogP contribution in [-0.2, 0) is 11.2 Å². The van der Waals surface area contributed by atoms with Gasteiger partial charge in [0.05, 0.1) is 18.2 Å². The van der Waals surface area contributed by atoms with E-state index in [9.17, 15) is 9.59 Å². The van der Waals surface area contributed by atoms with Crippen molar-refractivity contribution in [3.8, 4) is 0 Å². The lowest BCUT2D eigenvalue weighted by atomic mass is 10.2. The molecule has 0 aliphatic carbocycles. The van der Waals surface area contributed by atoms with Crippen LogP contribution in [0, 0.1) is 6.92 Å². The number of anilines is 1. The van der Waals surface area contributed by atoms with E-state index in [-0.39, 0.29) is 5.91 Å². The van der Waals surface area contributed by atoms with Gasteiger partial charge >= 0.3 is 5.97 Å². The summed E-state index contributed by atoms with van der Waals surface area (Å²) in [5.74, 6) is -0.660. The molecule has 106 valence electrons. The molecule has 0 spiro atoms. The molecule has 2 aromatic rings. The Kier molecular flexibility index (Phi) is 4.51. The zero-order chi connectivity index (χ0) is 14.7. The normalized spacial score (nSPS) is 10.3. The van der Waals surface area contributed by atoms with Gasteiger partial charge in [-0.15, -0.1) is 11.3 Å². The Morgan fingerprint density at radius 1 is 1.35 bits per heavy atom. The van der Waals surface area contributed by atoms with E-state index in [1.54, 1.807) is 0 Å². The number of methoxy groups -OCH3 is 1. The average Bonchev–Trinajstić information content (AvgIpc) is 3.04. The number of amides is 1. The summed E-state index contributed by atoms with van der Waals surface area (Å²) in [6.07, 6.45) is 2.30. The number of rotatable bonds is 4. The minimum Gasteiger partial charge on any atom is -0.465 e. The van der Waals surface area contributed by atoms with Gasteiger partial charge in [-0.1, -0.05) is 18.3 Å². The molecule has 1 amide bonds. The van der Waals surface area contributed by atoms with Crippen molar-refractivity contribution in [1.29, 1.82) is 0 Å². The Balaban J connectivity index is 2.11. The third-order valence-electron chi connectivity index (χ3n) is 2.68. The van der Waals surface area contributed by atoms with E-state index < -0.39 is 5.97 Å². The molecule has 1 N–H and O–H groups in total. The standard InChI is InChI=1S/C13H14N2O3S2/c1-4-8-7(2)5-9(19-8)11(16)15-13-14-6-10(20-13)12(17)18-3/h5-6H,4H2,1-3H3,(H,14,15,16). The van der Waals surface area contributed by atoms with Crippen LogP contribution < -0.4 is 5.32 Å². The van der Waals surface area contributed by atoms with Gasteiger partial charge in [-0.2, -0.15) is 0 Å². The highest BCUT2D eigenvalue weighted by atomic mass is 32.1. The minimum atomic E-state index is -0.455. The monoisotopic (exact) mass is 310 g/mol. The quantitative estimate of drug-likeness (QED) is 0.881. The predicted octanol–water partition coefficient (Wildman–Crippen LogP) is 3.11. The van der Waals surface area contributed by atoms with Crippen LogP contribution in [0.1, 0.15) is 36.7 Å². The lowest BCUT2D eigenvalue weighted by Gasteiger charge is -1.97. The van der Waals surface area contributed by atoms with Gasteiger partial charge in [0.2, 0.25) is 0 Å². The largest absolute Gasteiger partial charge is 0.465 e. The first kappa shape index (κ1) is 14.7. The SMILES string of the molecule is CCc1sc(C(=O)Nc2ncc(C(=O)OC)s2)cc1C. The molecular weight excluding hydrogens is 296 g/mol. The maximum absolute atomic E-state index is 12.1. The number of hydrogen-bond acceptors (Lipinski definition) is 6. The van der Waals surface area contributed by atoms with Crippen molar-refractivity contribution in [2.75, 3.05) is 12.4 Å². The highest BCUT2D eigenvalue weighted by molar-refractivity contribution is 7.18. The van der Waals surface area contributed by atoms with Crippen LogP contribution in [0.15, 0.2) is 12.3 Å². The fourth-order valence-corrected chi connectivity index (χ4v) is 3.41. The zero-order valence-electron chi connectivity index (χ0n) is 11.4. The van der Waals surface area contributed by atoms with Crippen LogP contribution in [0.5, 0.6) is 0 Å². The molecule has 0 bridgehead atoms. The summed E-state index contributed by atoms with van der Waals surface area (Å²) in [5, 5.41) is 3.08. The van der Waals surface area contributed by atoms with Crippen molar-refractivity contribution < 1.29 is 14.3 Å². The van der Waals surface area contributed by atoms with Crippen molar-refractivity contribution in [2.24, 2.45) is 0 Å². The van der Waals surface area contributed by atoms with Gasteiger partial charge in [0.25, 0.3) is 5.91 Å². The summed E-state index contributed by atoms with van der Waals surface area (Å²) in [5.41, 5.74) is 1.12. The van der Waals surface area contributed by atoms with Crippen LogP contribution in [0.2, 0.25) is 0 Å². The lowest BCUT2D eigenvalue weighted by molar-refractivity contribution is 0.0606. The maximum Gasteiger partial charge on any atom is 0.349 e. The number of carbonyl (C=O) groups is 2. The molecule has 0 saturated carbocycles. The Morgan fingerprint density at radius 2 is 2.10 bits per heavy atom. The molecule has 0 atom stereocenters. The Morgan fingerprint density at radius 3 is 2.70 bits per heavy atom. The van der Waals surface area contributed by atoms with E-state index in [4.69, 9.17) is 0 Å². The molecule has 0 aliphatic heterocycles. The first-order valence-electron chi connectivity index (χ1n) is 6.00. The molecule has 0 radical (unpaired) electrons. The van der Waals surface area contributed by atoms with Crippen LogP contribution >= 0.6 is 22.7 Å². The molecule has 2 rings (SSSR count). The van der Waals surface area contributed by atoms with Crippen LogP contribution in [-0.4, -0.2) is 24.0 Å². The molecule has 0 saturated heterocycles. The van der Waals surface area contributed by atoms with Gasteiger partial charge in [0, 0.05) is 4.88 Å². The van der Waals surface area contributed by atoms with E-state index >= 15 is 0 Å². The van der Waals surface area contributed by atoms with Crippen LogP contribution in [0.4, 0.5) is 5.13 Å². The van der Waals surface area contributed by atoms with Gasteiger partial charge in [-0.3, -0.25) is 10.1 Å². The minimum absolute atomic E-state index is 0.205. The summed E-state index contributed by atoms with van der Waals surface area (Å²) in [6, 6.07) is 1.87. The number of nitrogens with zero attached hydrogens (tertiary/aromatic N) is 1. The third-order valence-corrected chi connectivity index (χ3v) is 4.95.